The van der Waals surface area contributed by atoms with Crippen LogP contribution in [0.4, 0.5) is 11.6 Å². The van der Waals surface area contributed by atoms with E-state index >= 15 is 0 Å². The van der Waals surface area contributed by atoms with Gasteiger partial charge in [-0.05, 0) is 27.2 Å². The fraction of sp³-hybridized carbons (Fsp3) is 0.571. The molecule has 0 aromatic carbocycles. The molecule has 2 aromatic heterocycles. The van der Waals surface area contributed by atoms with Crippen molar-refractivity contribution in [2.24, 2.45) is 0 Å². The molecule has 0 fully saturated rings. The normalized spacial score (nSPS) is 11.2. The van der Waals surface area contributed by atoms with Crippen molar-refractivity contribution in [3.05, 3.63) is 18.6 Å². The first-order valence-corrected chi connectivity index (χ1v) is 7.01. The zero-order chi connectivity index (χ0) is 13.8. The van der Waals surface area contributed by atoms with Crippen molar-refractivity contribution >= 4 is 17.3 Å². The number of imidazole rings is 1. The monoisotopic (exact) mass is 261 g/mol. The second-order valence-corrected chi connectivity index (χ2v) is 4.93. The number of hydrogen-bond donors (Lipinski definition) is 1. The average Bonchev–Trinajstić information content (AvgIpc) is 2.83. The zero-order valence-electron chi connectivity index (χ0n) is 12.2. The highest BCUT2D eigenvalue weighted by Gasteiger charge is 2.16. The van der Waals surface area contributed by atoms with E-state index in [4.69, 9.17) is 4.98 Å². The SMILES string of the molecule is CCCN(c1nc(NCC)cn2ccnc12)C(C)C. The standard InChI is InChI=1S/C14H23N5/c1-5-8-19(11(3)4)14-13-16-7-9-18(13)10-12(17-14)15-6-2/h7,9-11,15H,5-6,8H2,1-4H3. The topological polar surface area (TPSA) is 45.5 Å². The lowest BCUT2D eigenvalue weighted by Crippen LogP contribution is -2.33. The molecule has 1 N–H and O–H groups in total. The molecule has 0 aliphatic heterocycles. The van der Waals surface area contributed by atoms with Gasteiger partial charge in [-0.15, -0.1) is 0 Å². The molecular formula is C14H23N5. The second-order valence-electron chi connectivity index (χ2n) is 4.93. The number of nitrogens with zero attached hydrogens (tertiary/aromatic N) is 4. The molecule has 0 saturated carbocycles. The van der Waals surface area contributed by atoms with E-state index in [9.17, 15) is 0 Å². The molecule has 104 valence electrons. The summed E-state index contributed by atoms with van der Waals surface area (Å²) in [5, 5.41) is 3.28. The first-order valence-electron chi connectivity index (χ1n) is 7.01. The molecule has 2 aromatic rings. The van der Waals surface area contributed by atoms with Crippen LogP contribution in [0.2, 0.25) is 0 Å². The Labute approximate surface area is 114 Å². The maximum Gasteiger partial charge on any atom is 0.180 e. The molecule has 2 rings (SSSR count). The minimum absolute atomic E-state index is 0.407. The predicted molar refractivity (Wildman–Crippen MR) is 79.9 cm³/mol. The minimum Gasteiger partial charge on any atom is -0.369 e. The zero-order valence-corrected chi connectivity index (χ0v) is 12.2. The van der Waals surface area contributed by atoms with E-state index in [2.05, 4.69) is 42.9 Å². The summed E-state index contributed by atoms with van der Waals surface area (Å²) in [6.45, 7) is 10.5. The summed E-state index contributed by atoms with van der Waals surface area (Å²) in [5.74, 6) is 1.85. The lowest BCUT2D eigenvalue weighted by atomic mass is 10.3. The molecule has 0 unspecified atom stereocenters. The lowest BCUT2D eigenvalue weighted by Gasteiger charge is -2.28. The van der Waals surface area contributed by atoms with Gasteiger partial charge in [0.1, 0.15) is 5.82 Å². The van der Waals surface area contributed by atoms with Gasteiger partial charge in [0.25, 0.3) is 0 Å². The molecule has 5 nitrogen and oxygen atoms in total. The van der Waals surface area contributed by atoms with E-state index in [1.165, 1.54) is 0 Å². The third-order valence-corrected chi connectivity index (χ3v) is 3.07. The van der Waals surface area contributed by atoms with Gasteiger partial charge in [-0.2, -0.15) is 0 Å². The maximum absolute atomic E-state index is 4.73. The third-order valence-electron chi connectivity index (χ3n) is 3.07. The van der Waals surface area contributed by atoms with Crippen LogP contribution in [-0.2, 0) is 0 Å². The fourth-order valence-electron chi connectivity index (χ4n) is 2.22. The highest BCUT2D eigenvalue weighted by molar-refractivity contribution is 5.67. The number of aromatic nitrogens is 3. The highest BCUT2D eigenvalue weighted by atomic mass is 15.3. The Hall–Kier alpha value is -1.78. The van der Waals surface area contributed by atoms with Crippen LogP contribution in [0.15, 0.2) is 18.6 Å². The van der Waals surface area contributed by atoms with Gasteiger partial charge in [0.05, 0.1) is 6.20 Å². The summed E-state index contributed by atoms with van der Waals surface area (Å²) in [5.41, 5.74) is 0.920. The maximum atomic E-state index is 4.73. The molecular weight excluding hydrogens is 238 g/mol. The van der Waals surface area contributed by atoms with Crippen LogP contribution >= 0.6 is 0 Å². The minimum atomic E-state index is 0.407. The number of nitrogens with one attached hydrogen (secondary N) is 1. The van der Waals surface area contributed by atoms with E-state index in [-0.39, 0.29) is 0 Å². The Balaban J connectivity index is 2.51. The van der Waals surface area contributed by atoms with Crippen molar-refractivity contribution in [1.82, 2.24) is 14.4 Å². The largest absolute Gasteiger partial charge is 0.369 e. The summed E-state index contributed by atoms with van der Waals surface area (Å²) in [6, 6.07) is 0.407. The smallest absolute Gasteiger partial charge is 0.180 e. The first-order chi connectivity index (χ1) is 9.17. The van der Waals surface area contributed by atoms with Crippen LogP contribution in [0, 0.1) is 0 Å². The van der Waals surface area contributed by atoms with Crippen molar-refractivity contribution < 1.29 is 0 Å². The quantitative estimate of drug-likeness (QED) is 0.868. The van der Waals surface area contributed by atoms with Crippen molar-refractivity contribution in [3.8, 4) is 0 Å². The van der Waals surface area contributed by atoms with Crippen LogP contribution in [0.1, 0.15) is 34.1 Å². The Morgan fingerprint density at radius 1 is 1.37 bits per heavy atom. The van der Waals surface area contributed by atoms with Crippen molar-refractivity contribution in [1.29, 1.82) is 0 Å². The summed E-state index contributed by atoms with van der Waals surface area (Å²) < 4.78 is 2.03. The van der Waals surface area contributed by atoms with E-state index in [0.717, 1.165) is 36.8 Å². The summed E-state index contributed by atoms with van der Waals surface area (Å²) in [4.78, 5) is 11.5. The Morgan fingerprint density at radius 3 is 2.79 bits per heavy atom. The molecule has 0 atom stereocenters. The van der Waals surface area contributed by atoms with E-state index in [0.29, 0.717) is 6.04 Å². The summed E-state index contributed by atoms with van der Waals surface area (Å²) in [7, 11) is 0. The molecule has 0 radical (unpaired) electrons. The van der Waals surface area contributed by atoms with Crippen LogP contribution < -0.4 is 10.2 Å². The van der Waals surface area contributed by atoms with Gasteiger partial charge in [-0.25, -0.2) is 9.97 Å². The van der Waals surface area contributed by atoms with E-state index < -0.39 is 0 Å². The molecule has 0 aliphatic carbocycles. The molecule has 19 heavy (non-hydrogen) atoms. The van der Waals surface area contributed by atoms with Gasteiger partial charge in [-0.3, -0.25) is 0 Å². The highest BCUT2D eigenvalue weighted by Crippen LogP contribution is 2.22. The van der Waals surface area contributed by atoms with Gasteiger partial charge in [0.2, 0.25) is 0 Å². The second kappa shape index (κ2) is 5.91. The van der Waals surface area contributed by atoms with Crippen molar-refractivity contribution in [3.63, 3.8) is 0 Å². The molecule has 0 aliphatic rings. The molecule has 0 spiro atoms. The molecule has 5 heteroatoms. The number of hydrogen-bond acceptors (Lipinski definition) is 4. The fourth-order valence-corrected chi connectivity index (χ4v) is 2.22. The van der Waals surface area contributed by atoms with Gasteiger partial charge in [0.15, 0.2) is 11.5 Å². The average molecular weight is 261 g/mol. The van der Waals surface area contributed by atoms with Crippen molar-refractivity contribution in [2.45, 2.75) is 40.2 Å². The van der Waals surface area contributed by atoms with Crippen molar-refractivity contribution in [2.75, 3.05) is 23.3 Å². The Morgan fingerprint density at radius 2 is 2.16 bits per heavy atom. The molecule has 2 heterocycles. The number of anilines is 2. The lowest BCUT2D eigenvalue weighted by molar-refractivity contribution is 0.662. The van der Waals surface area contributed by atoms with Crippen LogP contribution in [0.3, 0.4) is 0 Å². The number of fused-ring (bicyclic) bond motifs is 1. The predicted octanol–water partition coefficient (Wildman–Crippen LogP) is 2.79. The van der Waals surface area contributed by atoms with Gasteiger partial charge < -0.3 is 14.6 Å². The third kappa shape index (κ3) is 2.80. The molecule has 0 bridgehead atoms. The summed E-state index contributed by atoms with van der Waals surface area (Å²) >= 11 is 0. The van der Waals surface area contributed by atoms with E-state index in [1.807, 2.05) is 23.0 Å². The van der Waals surface area contributed by atoms with Gasteiger partial charge >= 0.3 is 0 Å². The van der Waals surface area contributed by atoms with E-state index in [1.54, 1.807) is 0 Å². The van der Waals surface area contributed by atoms with Crippen LogP contribution in [0.5, 0.6) is 0 Å². The Bertz CT molecular complexity index is 532. The van der Waals surface area contributed by atoms with Crippen LogP contribution in [0.25, 0.3) is 5.65 Å². The molecule has 0 amide bonds. The Kier molecular flexibility index (Phi) is 4.24. The van der Waals surface area contributed by atoms with Gasteiger partial charge in [0, 0.05) is 31.5 Å². The van der Waals surface area contributed by atoms with Gasteiger partial charge in [-0.1, -0.05) is 6.92 Å². The summed E-state index contributed by atoms with van der Waals surface area (Å²) in [6.07, 6.45) is 6.87. The van der Waals surface area contributed by atoms with Crippen LogP contribution in [-0.4, -0.2) is 33.5 Å². The molecule has 0 saturated heterocycles. The first kappa shape index (κ1) is 13.6. The number of rotatable bonds is 6.